The predicted octanol–water partition coefficient (Wildman–Crippen LogP) is 4.33. The number of nitrogens with zero attached hydrogens (tertiary/aromatic N) is 2. The van der Waals surface area contributed by atoms with Gasteiger partial charge in [0.25, 0.3) is 0 Å². The lowest BCUT2D eigenvalue weighted by Crippen LogP contribution is -2.25. The normalized spacial score (nSPS) is 12.9. The van der Waals surface area contributed by atoms with Crippen LogP contribution in [0, 0.1) is 0 Å². The monoisotopic (exact) mass is 287 g/mol. The molecule has 3 nitrogen and oxygen atoms in total. The summed E-state index contributed by atoms with van der Waals surface area (Å²) >= 11 is 0. The van der Waals surface area contributed by atoms with E-state index in [9.17, 15) is 0 Å². The third-order valence-corrected chi connectivity index (χ3v) is 3.98. The number of hydrogen-bond donors (Lipinski definition) is 1. The Balaban J connectivity index is 2.09. The Kier molecular flexibility index (Phi) is 6.24. The highest BCUT2D eigenvalue weighted by Gasteiger charge is 2.14. The van der Waals surface area contributed by atoms with Crippen molar-refractivity contribution < 1.29 is 0 Å². The molecule has 1 aromatic carbocycles. The lowest BCUT2D eigenvalue weighted by molar-refractivity contribution is 0.480. The van der Waals surface area contributed by atoms with E-state index in [1.807, 2.05) is 0 Å². The van der Waals surface area contributed by atoms with Crippen LogP contribution in [0.3, 0.4) is 0 Å². The first-order valence-electron chi connectivity index (χ1n) is 8.44. The second-order valence-electron chi connectivity index (χ2n) is 5.90. The van der Waals surface area contributed by atoms with Crippen molar-refractivity contribution in [2.75, 3.05) is 13.1 Å². The van der Waals surface area contributed by atoms with E-state index in [0.717, 1.165) is 31.4 Å². The third-order valence-electron chi connectivity index (χ3n) is 3.98. The Morgan fingerprint density at radius 2 is 1.95 bits per heavy atom. The van der Waals surface area contributed by atoms with E-state index in [4.69, 9.17) is 4.98 Å². The van der Waals surface area contributed by atoms with Crippen LogP contribution in [-0.4, -0.2) is 22.6 Å². The topological polar surface area (TPSA) is 29.9 Å². The number of unbranched alkanes of at least 4 members (excludes halogenated alkanes) is 2. The maximum atomic E-state index is 4.82. The summed E-state index contributed by atoms with van der Waals surface area (Å²) < 4.78 is 2.42. The number of aromatic nitrogens is 2. The van der Waals surface area contributed by atoms with Gasteiger partial charge in [0.05, 0.1) is 11.0 Å². The van der Waals surface area contributed by atoms with Crippen LogP contribution in [0.15, 0.2) is 24.3 Å². The van der Waals surface area contributed by atoms with Gasteiger partial charge in [0.1, 0.15) is 5.82 Å². The molecule has 2 aromatic rings. The van der Waals surface area contributed by atoms with Crippen molar-refractivity contribution in [3.05, 3.63) is 30.1 Å². The number of nitrogens with one attached hydrogen (secondary N) is 1. The van der Waals surface area contributed by atoms with Gasteiger partial charge >= 0.3 is 0 Å². The van der Waals surface area contributed by atoms with Gasteiger partial charge in [-0.1, -0.05) is 38.8 Å². The summed E-state index contributed by atoms with van der Waals surface area (Å²) in [7, 11) is 0. The van der Waals surface area contributed by atoms with Crippen molar-refractivity contribution in [1.29, 1.82) is 0 Å². The molecule has 0 fully saturated rings. The minimum absolute atomic E-state index is 0.445. The number of benzene rings is 1. The standard InChI is InChI=1S/C18H29N3/c1-4-6-9-13-19-14-15(3)21-17-12-8-7-11-16(17)20-18(21)10-5-2/h7-8,11-12,15,19H,4-6,9-10,13-14H2,1-3H3. The zero-order valence-electron chi connectivity index (χ0n) is 13.7. The fraction of sp³-hybridized carbons (Fsp3) is 0.611. The molecule has 1 N–H and O–H groups in total. The SMILES string of the molecule is CCCCCNCC(C)n1c(CCC)nc2ccccc21. The summed E-state index contributed by atoms with van der Waals surface area (Å²) in [4.78, 5) is 4.82. The first-order chi connectivity index (χ1) is 10.3. The quantitative estimate of drug-likeness (QED) is 0.696. The highest BCUT2D eigenvalue weighted by atomic mass is 15.1. The van der Waals surface area contributed by atoms with Gasteiger partial charge in [0, 0.05) is 19.0 Å². The van der Waals surface area contributed by atoms with Crippen LogP contribution in [-0.2, 0) is 6.42 Å². The molecule has 0 aliphatic carbocycles. The molecule has 21 heavy (non-hydrogen) atoms. The molecule has 0 aliphatic rings. The molecule has 3 heteroatoms. The van der Waals surface area contributed by atoms with Crippen molar-refractivity contribution >= 4 is 11.0 Å². The minimum atomic E-state index is 0.445. The summed E-state index contributed by atoms with van der Waals surface area (Å²) in [6.07, 6.45) is 6.06. The van der Waals surface area contributed by atoms with Gasteiger partial charge < -0.3 is 9.88 Å². The molecule has 1 heterocycles. The smallest absolute Gasteiger partial charge is 0.110 e. The highest BCUT2D eigenvalue weighted by molar-refractivity contribution is 5.76. The summed E-state index contributed by atoms with van der Waals surface area (Å²) in [6.45, 7) is 8.89. The van der Waals surface area contributed by atoms with E-state index in [2.05, 4.69) is 54.9 Å². The van der Waals surface area contributed by atoms with Gasteiger partial charge in [-0.05, 0) is 38.4 Å². The Morgan fingerprint density at radius 1 is 1.14 bits per heavy atom. The number of fused-ring (bicyclic) bond motifs is 1. The maximum Gasteiger partial charge on any atom is 0.110 e. The zero-order valence-corrected chi connectivity index (χ0v) is 13.7. The number of aryl methyl sites for hydroxylation is 1. The van der Waals surface area contributed by atoms with Crippen molar-refractivity contribution in [3.63, 3.8) is 0 Å². The summed E-state index contributed by atoms with van der Waals surface area (Å²) in [6, 6.07) is 8.93. The largest absolute Gasteiger partial charge is 0.324 e. The highest BCUT2D eigenvalue weighted by Crippen LogP contribution is 2.21. The fourth-order valence-corrected chi connectivity index (χ4v) is 2.89. The third kappa shape index (κ3) is 4.07. The molecule has 0 saturated heterocycles. The van der Waals surface area contributed by atoms with Crippen molar-refractivity contribution in [2.45, 2.75) is 58.9 Å². The molecular weight excluding hydrogens is 258 g/mol. The lowest BCUT2D eigenvalue weighted by atomic mass is 10.2. The van der Waals surface area contributed by atoms with Crippen LogP contribution < -0.4 is 5.32 Å². The maximum absolute atomic E-state index is 4.82. The molecule has 0 radical (unpaired) electrons. The first-order valence-corrected chi connectivity index (χ1v) is 8.44. The van der Waals surface area contributed by atoms with Crippen LogP contribution in [0.1, 0.15) is 58.3 Å². The molecule has 0 amide bonds. The van der Waals surface area contributed by atoms with Gasteiger partial charge in [-0.2, -0.15) is 0 Å². The number of para-hydroxylation sites is 2. The van der Waals surface area contributed by atoms with Crippen molar-refractivity contribution in [3.8, 4) is 0 Å². The van der Waals surface area contributed by atoms with Gasteiger partial charge in [0.15, 0.2) is 0 Å². The number of hydrogen-bond acceptors (Lipinski definition) is 2. The average molecular weight is 287 g/mol. The molecule has 0 spiro atoms. The van der Waals surface area contributed by atoms with Gasteiger partial charge in [-0.3, -0.25) is 0 Å². The predicted molar refractivity (Wildman–Crippen MR) is 90.8 cm³/mol. The van der Waals surface area contributed by atoms with E-state index < -0.39 is 0 Å². The van der Waals surface area contributed by atoms with Crippen LogP contribution in [0.25, 0.3) is 11.0 Å². The Labute approximate surface area is 128 Å². The summed E-state index contributed by atoms with van der Waals surface area (Å²) in [5.41, 5.74) is 2.39. The second-order valence-corrected chi connectivity index (χ2v) is 5.90. The molecule has 1 atom stereocenters. The Morgan fingerprint density at radius 3 is 2.71 bits per heavy atom. The second kappa shape index (κ2) is 8.18. The van der Waals surface area contributed by atoms with E-state index in [0.29, 0.717) is 6.04 Å². The minimum Gasteiger partial charge on any atom is -0.324 e. The van der Waals surface area contributed by atoms with Crippen LogP contribution in [0.5, 0.6) is 0 Å². The molecule has 2 rings (SSSR count). The lowest BCUT2D eigenvalue weighted by Gasteiger charge is -2.18. The van der Waals surface area contributed by atoms with Gasteiger partial charge in [0.2, 0.25) is 0 Å². The zero-order chi connectivity index (χ0) is 15.1. The molecule has 0 bridgehead atoms. The van der Waals surface area contributed by atoms with Crippen molar-refractivity contribution in [2.24, 2.45) is 0 Å². The van der Waals surface area contributed by atoms with E-state index in [-0.39, 0.29) is 0 Å². The van der Waals surface area contributed by atoms with E-state index in [1.165, 1.54) is 30.6 Å². The Hall–Kier alpha value is -1.35. The average Bonchev–Trinajstić information content (AvgIpc) is 2.85. The molecule has 0 saturated carbocycles. The number of imidazole rings is 1. The van der Waals surface area contributed by atoms with Gasteiger partial charge in [-0.25, -0.2) is 4.98 Å². The molecule has 0 aliphatic heterocycles. The molecule has 1 unspecified atom stereocenters. The fourth-order valence-electron chi connectivity index (χ4n) is 2.89. The first kappa shape index (κ1) is 16.0. The molecular formula is C18H29N3. The summed E-state index contributed by atoms with van der Waals surface area (Å²) in [5, 5.41) is 3.59. The van der Waals surface area contributed by atoms with E-state index in [1.54, 1.807) is 0 Å². The molecule has 116 valence electrons. The van der Waals surface area contributed by atoms with Crippen LogP contribution in [0.2, 0.25) is 0 Å². The summed E-state index contributed by atoms with van der Waals surface area (Å²) in [5.74, 6) is 1.22. The van der Waals surface area contributed by atoms with Crippen LogP contribution in [0.4, 0.5) is 0 Å². The number of rotatable bonds is 9. The van der Waals surface area contributed by atoms with Crippen LogP contribution >= 0.6 is 0 Å². The van der Waals surface area contributed by atoms with Gasteiger partial charge in [-0.15, -0.1) is 0 Å². The van der Waals surface area contributed by atoms with Crippen molar-refractivity contribution in [1.82, 2.24) is 14.9 Å². The Bertz CT molecular complexity index is 544. The van der Waals surface area contributed by atoms with E-state index >= 15 is 0 Å². The molecule has 1 aromatic heterocycles.